The number of halogens is 1. The van der Waals surface area contributed by atoms with Gasteiger partial charge in [0.2, 0.25) is 17.8 Å². The van der Waals surface area contributed by atoms with E-state index in [4.69, 9.17) is 4.74 Å². The third-order valence-corrected chi connectivity index (χ3v) is 6.05. The first kappa shape index (κ1) is 23.6. The zero-order valence-corrected chi connectivity index (χ0v) is 19.2. The first-order valence-electron chi connectivity index (χ1n) is 11.5. The second-order valence-corrected chi connectivity index (χ2v) is 8.44. The maximum absolute atomic E-state index is 13.5. The molecule has 0 atom stereocenters. The lowest BCUT2D eigenvalue weighted by Gasteiger charge is -2.24. The summed E-state index contributed by atoms with van der Waals surface area (Å²) in [5, 5.41) is 2.85. The highest BCUT2D eigenvalue weighted by Crippen LogP contribution is 2.27. The summed E-state index contributed by atoms with van der Waals surface area (Å²) in [6, 6.07) is 15.5. The lowest BCUT2D eigenvalue weighted by atomic mass is 10.1. The van der Waals surface area contributed by atoms with Crippen molar-refractivity contribution in [1.29, 1.82) is 0 Å². The van der Waals surface area contributed by atoms with E-state index >= 15 is 0 Å². The number of rotatable bonds is 9. The van der Waals surface area contributed by atoms with Crippen molar-refractivity contribution in [3.63, 3.8) is 0 Å². The van der Waals surface area contributed by atoms with Gasteiger partial charge in [0.1, 0.15) is 12.4 Å². The summed E-state index contributed by atoms with van der Waals surface area (Å²) in [5.74, 6) is -0.435. The molecular weight excluding hydrogens is 435 g/mol. The van der Waals surface area contributed by atoms with Gasteiger partial charge in [-0.05, 0) is 37.1 Å². The number of nitrogens with one attached hydrogen (secondary N) is 1. The highest BCUT2D eigenvalue weighted by molar-refractivity contribution is 5.94. The zero-order valence-electron chi connectivity index (χ0n) is 19.2. The van der Waals surface area contributed by atoms with E-state index in [1.54, 1.807) is 34.9 Å². The van der Waals surface area contributed by atoms with Crippen molar-refractivity contribution in [2.24, 2.45) is 5.92 Å². The SMILES string of the molecule is COCCN(CC(=O)Nc1nc(-c2ccccc2)cn1-c1ccc(F)cc1)C(=O)C1CCCC1. The van der Waals surface area contributed by atoms with E-state index in [1.807, 2.05) is 30.3 Å². The number of hydrogen-bond donors (Lipinski definition) is 1. The molecule has 1 aromatic heterocycles. The van der Waals surface area contributed by atoms with Gasteiger partial charge >= 0.3 is 0 Å². The van der Waals surface area contributed by atoms with Gasteiger partial charge in [-0.15, -0.1) is 0 Å². The van der Waals surface area contributed by atoms with Crippen molar-refractivity contribution >= 4 is 17.8 Å². The van der Waals surface area contributed by atoms with Crippen molar-refractivity contribution in [2.75, 3.05) is 32.1 Å². The summed E-state index contributed by atoms with van der Waals surface area (Å²) in [7, 11) is 1.57. The Kier molecular flexibility index (Phi) is 7.69. The quantitative estimate of drug-likeness (QED) is 0.513. The number of carbonyl (C=O) groups excluding carboxylic acids is 2. The highest BCUT2D eigenvalue weighted by atomic mass is 19.1. The number of methoxy groups -OCH3 is 1. The standard InChI is InChI=1S/C26H29FN4O3/c1-34-16-15-30(25(33)20-9-5-6-10-20)18-24(32)29-26-28-23(19-7-3-2-4-8-19)17-31(26)22-13-11-21(27)12-14-22/h2-4,7-8,11-14,17,20H,5-6,9-10,15-16,18H2,1H3,(H,28,29,32). The number of amides is 2. The molecule has 1 aliphatic rings. The Morgan fingerprint density at radius 2 is 1.82 bits per heavy atom. The topological polar surface area (TPSA) is 76.5 Å². The van der Waals surface area contributed by atoms with Gasteiger partial charge in [-0.25, -0.2) is 9.37 Å². The average Bonchev–Trinajstić information content (AvgIpc) is 3.53. The van der Waals surface area contributed by atoms with E-state index in [-0.39, 0.29) is 30.1 Å². The second-order valence-electron chi connectivity index (χ2n) is 8.44. The normalized spacial score (nSPS) is 13.7. The Labute approximate surface area is 198 Å². The van der Waals surface area contributed by atoms with Crippen LogP contribution in [0.25, 0.3) is 16.9 Å². The number of aromatic nitrogens is 2. The third kappa shape index (κ3) is 5.69. The largest absolute Gasteiger partial charge is 0.383 e. The molecule has 8 heteroatoms. The first-order valence-corrected chi connectivity index (χ1v) is 11.5. The molecule has 0 aliphatic heterocycles. The van der Waals surface area contributed by atoms with Crippen LogP contribution >= 0.6 is 0 Å². The second kappa shape index (κ2) is 11.1. The third-order valence-electron chi connectivity index (χ3n) is 6.05. The zero-order chi connectivity index (χ0) is 23.9. The number of imidazole rings is 1. The molecule has 7 nitrogen and oxygen atoms in total. The van der Waals surface area contributed by atoms with Gasteiger partial charge in [0.15, 0.2) is 0 Å². The minimum Gasteiger partial charge on any atom is -0.383 e. The maximum Gasteiger partial charge on any atom is 0.246 e. The minimum atomic E-state index is -0.351. The van der Waals surface area contributed by atoms with Crippen molar-refractivity contribution in [1.82, 2.24) is 14.5 Å². The molecule has 0 saturated heterocycles. The van der Waals surface area contributed by atoms with Crippen LogP contribution in [0, 0.1) is 11.7 Å². The first-order chi connectivity index (χ1) is 16.5. The molecule has 34 heavy (non-hydrogen) atoms. The predicted octanol–water partition coefficient (Wildman–Crippen LogP) is 4.28. The Balaban J connectivity index is 1.57. The van der Waals surface area contributed by atoms with E-state index in [9.17, 15) is 14.0 Å². The number of anilines is 1. The van der Waals surface area contributed by atoms with Crippen LogP contribution in [0.2, 0.25) is 0 Å². The Morgan fingerprint density at radius 1 is 1.12 bits per heavy atom. The van der Waals surface area contributed by atoms with E-state index in [0.29, 0.717) is 30.5 Å². The average molecular weight is 465 g/mol. The molecule has 2 amide bonds. The minimum absolute atomic E-state index is 0.00319. The molecule has 1 heterocycles. The number of ether oxygens (including phenoxy) is 1. The van der Waals surface area contributed by atoms with Crippen molar-refractivity contribution < 1.29 is 18.7 Å². The number of carbonyl (C=O) groups is 2. The fourth-order valence-electron chi connectivity index (χ4n) is 4.25. The van der Waals surface area contributed by atoms with Crippen LogP contribution in [0.5, 0.6) is 0 Å². The molecule has 1 fully saturated rings. The molecule has 178 valence electrons. The molecule has 0 spiro atoms. The van der Waals surface area contributed by atoms with Gasteiger partial charge in [0.25, 0.3) is 0 Å². The molecule has 4 rings (SSSR count). The van der Waals surface area contributed by atoms with Gasteiger partial charge in [0.05, 0.1) is 12.3 Å². The van der Waals surface area contributed by atoms with E-state index in [0.717, 1.165) is 31.2 Å². The molecule has 3 aromatic rings. The molecule has 1 N–H and O–H groups in total. The molecule has 0 bridgehead atoms. The number of benzene rings is 2. The van der Waals surface area contributed by atoms with Gasteiger partial charge in [-0.1, -0.05) is 43.2 Å². The smallest absolute Gasteiger partial charge is 0.246 e. The van der Waals surface area contributed by atoms with Crippen molar-refractivity contribution in [3.8, 4) is 16.9 Å². The fraction of sp³-hybridized carbons (Fsp3) is 0.346. The lowest BCUT2D eigenvalue weighted by molar-refractivity contribution is -0.138. The van der Waals surface area contributed by atoms with Crippen LogP contribution < -0.4 is 5.32 Å². The summed E-state index contributed by atoms with van der Waals surface area (Å²) in [5.41, 5.74) is 2.21. The highest BCUT2D eigenvalue weighted by Gasteiger charge is 2.28. The molecule has 0 radical (unpaired) electrons. The van der Waals surface area contributed by atoms with E-state index in [1.165, 1.54) is 12.1 Å². The van der Waals surface area contributed by atoms with Crippen LogP contribution in [-0.2, 0) is 14.3 Å². The van der Waals surface area contributed by atoms with Gasteiger partial charge in [-0.2, -0.15) is 0 Å². The molecule has 0 unspecified atom stereocenters. The van der Waals surface area contributed by atoms with Gasteiger partial charge < -0.3 is 9.64 Å². The van der Waals surface area contributed by atoms with Crippen molar-refractivity contribution in [3.05, 3.63) is 66.6 Å². The summed E-state index contributed by atoms with van der Waals surface area (Å²) >= 11 is 0. The van der Waals surface area contributed by atoms with E-state index in [2.05, 4.69) is 10.3 Å². The summed E-state index contributed by atoms with van der Waals surface area (Å²) in [6.45, 7) is 0.616. The van der Waals surface area contributed by atoms with Gasteiger partial charge in [-0.3, -0.25) is 19.5 Å². The Hall–Kier alpha value is -3.52. The van der Waals surface area contributed by atoms with Gasteiger partial charge in [0, 0.05) is 37.0 Å². The summed E-state index contributed by atoms with van der Waals surface area (Å²) in [6.07, 6.45) is 5.60. The molecule has 2 aromatic carbocycles. The lowest BCUT2D eigenvalue weighted by Crippen LogP contribution is -2.42. The Bertz CT molecular complexity index is 1110. The van der Waals surface area contributed by atoms with Crippen LogP contribution in [0.1, 0.15) is 25.7 Å². The monoisotopic (exact) mass is 464 g/mol. The molecule has 1 saturated carbocycles. The maximum atomic E-state index is 13.5. The van der Waals surface area contributed by atoms with Crippen molar-refractivity contribution in [2.45, 2.75) is 25.7 Å². The van der Waals surface area contributed by atoms with Crippen LogP contribution in [0.15, 0.2) is 60.8 Å². The molecule has 1 aliphatic carbocycles. The van der Waals surface area contributed by atoms with Crippen LogP contribution in [0.4, 0.5) is 10.3 Å². The van der Waals surface area contributed by atoms with E-state index < -0.39 is 0 Å². The number of nitrogens with zero attached hydrogens (tertiary/aromatic N) is 3. The summed E-state index contributed by atoms with van der Waals surface area (Å²) in [4.78, 5) is 32.2. The molecular formula is C26H29FN4O3. The predicted molar refractivity (Wildman–Crippen MR) is 128 cm³/mol. The number of hydrogen-bond acceptors (Lipinski definition) is 4. The van der Waals surface area contributed by atoms with Crippen LogP contribution in [0.3, 0.4) is 0 Å². The summed E-state index contributed by atoms with van der Waals surface area (Å²) < 4.78 is 20.3. The fourth-order valence-corrected chi connectivity index (χ4v) is 4.25. The van der Waals surface area contributed by atoms with Crippen LogP contribution in [-0.4, -0.2) is 53.1 Å². The Morgan fingerprint density at radius 3 is 2.50 bits per heavy atom.